The van der Waals surface area contributed by atoms with Gasteiger partial charge in [0, 0.05) is 0 Å². The van der Waals surface area contributed by atoms with Crippen molar-refractivity contribution >= 4 is 11.4 Å². The molecule has 0 aromatic heterocycles. The topological polar surface area (TPSA) is 35.5 Å². The zero-order valence-electron chi connectivity index (χ0n) is 11.3. The van der Waals surface area contributed by atoms with Crippen LogP contribution < -0.4 is 0 Å². The Morgan fingerprint density at radius 2 is 0.944 bits per heavy atom. The molecule has 0 amide bonds. The maximum atomic E-state index is 11.9. The van der Waals surface area contributed by atoms with Crippen LogP contribution >= 0.6 is 0 Å². The molecule has 0 unspecified atom stereocenters. The fourth-order valence-corrected chi connectivity index (χ4v) is 3.80. The summed E-state index contributed by atoms with van der Waals surface area (Å²) in [6.45, 7) is 0. The van der Waals surface area contributed by atoms with Crippen molar-refractivity contribution in [3.63, 3.8) is 0 Å². The molecule has 2 rings (SSSR count). The molecular weight excluding hydrogens is 248 g/mol. The quantitative estimate of drug-likeness (QED) is 0.726. The van der Waals surface area contributed by atoms with Crippen molar-refractivity contribution in [1.29, 1.82) is 0 Å². The second-order valence-corrected chi connectivity index (χ2v) is 6.42. The van der Waals surface area contributed by atoms with Crippen molar-refractivity contribution in [2.75, 3.05) is 0 Å². The van der Waals surface area contributed by atoms with Crippen LogP contribution in [0.1, 0.15) is 77.0 Å². The highest BCUT2D eigenvalue weighted by Crippen LogP contribution is 2.23. The van der Waals surface area contributed by atoms with Gasteiger partial charge in [-0.25, -0.2) is 0 Å². The molecule has 0 heterocycles. The van der Waals surface area contributed by atoms with Crippen molar-refractivity contribution in [3.8, 4) is 0 Å². The van der Waals surface area contributed by atoms with E-state index in [0.29, 0.717) is 0 Å². The van der Waals surface area contributed by atoms with Gasteiger partial charge in [0.05, 0.1) is 12.2 Å². The molecular formula is C14H26O3S. The first-order valence-electron chi connectivity index (χ1n) is 7.60. The molecule has 2 saturated carbocycles. The third kappa shape index (κ3) is 5.37. The van der Waals surface area contributed by atoms with Crippen molar-refractivity contribution in [2.45, 2.75) is 89.3 Å². The lowest BCUT2D eigenvalue weighted by Gasteiger charge is -2.17. The lowest BCUT2D eigenvalue weighted by Crippen LogP contribution is -2.20. The third-order valence-corrected chi connectivity index (χ3v) is 4.89. The van der Waals surface area contributed by atoms with E-state index in [1.54, 1.807) is 0 Å². The predicted molar refractivity (Wildman–Crippen MR) is 73.3 cm³/mol. The summed E-state index contributed by atoms with van der Waals surface area (Å²) in [6, 6.07) is 0. The van der Waals surface area contributed by atoms with E-state index in [4.69, 9.17) is 8.37 Å². The molecule has 0 radical (unpaired) electrons. The van der Waals surface area contributed by atoms with Gasteiger partial charge in [-0.15, -0.1) is 0 Å². The van der Waals surface area contributed by atoms with Crippen LogP contribution in [0.25, 0.3) is 0 Å². The van der Waals surface area contributed by atoms with Gasteiger partial charge in [0.2, 0.25) is 0 Å². The summed E-state index contributed by atoms with van der Waals surface area (Å²) >= 11 is -1.53. The first-order valence-corrected chi connectivity index (χ1v) is 8.60. The molecule has 106 valence electrons. The fourth-order valence-electron chi connectivity index (χ4n) is 2.92. The molecule has 4 heteroatoms. The summed E-state index contributed by atoms with van der Waals surface area (Å²) in [7, 11) is 0. The summed E-state index contributed by atoms with van der Waals surface area (Å²) in [5.41, 5.74) is 0. The van der Waals surface area contributed by atoms with Crippen LogP contribution in [0.4, 0.5) is 0 Å². The summed E-state index contributed by atoms with van der Waals surface area (Å²) in [5.74, 6) is 0. The average molecular weight is 274 g/mol. The smallest absolute Gasteiger partial charge is 0.265 e. The molecule has 3 nitrogen and oxygen atoms in total. The SMILES string of the molecule is O=S(OC1CCCCCC1)OC1CCCCCC1. The summed E-state index contributed by atoms with van der Waals surface area (Å²) < 4.78 is 23.0. The van der Waals surface area contributed by atoms with E-state index >= 15 is 0 Å². The van der Waals surface area contributed by atoms with E-state index in [0.717, 1.165) is 25.7 Å². The van der Waals surface area contributed by atoms with Gasteiger partial charge in [0.15, 0.2) is 0 Å². The van der Waals surface area contributed by atoms with E-state index in [1.807, 2.05) is 0 Å². The highest BCUT2D eigenvalue weighted by atomic mass is 32.2. The zero-order valence-corrected chi connectivity index (χ0v) is 12.1. The molecule has 0 N–H and O–H groups in total. The van der Waals surface area contributed by atoms with E-state index in [1.165, 1.54) is 51.4 Å². The number of hydrogen-bond acceptors (Lipinski definition) is 3. The minimum Gasteiger partial charge on any atom is -0.265 e. The highest BCUT2D eigenvalue weighted by Gasteiger charge is 2.20. The van der Waals surface area contributed by atoms with E-state index < -0.39 is 11.4 Å². The molecule has 0 spiro atoms. The van der Waals surface area contributed by atoms with Crippen molar-refractivity contribution in [1.82, 2.24) is 0 Å². The molecule has 2 aliphatic carbocycles. The molecule has 2 aliphatic rings. The van der Waals surface area contributed by atoms with Gasteiger partial charge in [-0.2, -0.15) is 4.21 Å². The van der Waals surface area contributed by atoms with Crippen molar-refractivity contribution in [3.05, 3.63) is 0 Å². The van der Waals surface area contributed by atoms with Crippen molar-refractivity contribution in [2.24, 2.45) is 0 Å². The minimum atomic E-state index is -1.53. The molecule has 0 aromatic carbocycles. The van der Waals surface area contributed by atoms with Gasteiger partial charge >= 0.3 is 11.4 Å². The molecule has 0 atom stereocenters. The molecule has 0 aromatic rings. The third-order valence-electron chi connectivity index (χ3n) is 4.03. The molecule has 0 bridgehead atoms. The van der Waals surface area contributed by atoms with Crippen LogP contribution in [0, 0.1) is 0 Å². The van der Waals surface area contributed by atoms with Crippen LogP contribution in [0.3, 0.4) is 0 Å². The average Bonchev–Trinajstić information content (AvgIpc) is 2.74. The second-order valence-electron chi connectivity index (χ2n) is 5.62. The van der Waals surface area contributed by atoms with Gasteiger partial charge in [0.25, 0.3) is 0 Å². The molecule has 0 saturated heterocycles. The van der Waals surface area contributed by atoms with Crippen LogP contribution in [-0.2, 0) is 19.7 Å². The Morgan fingerprint density at radius 3 is 1.28 bits per heavy atom. The number of rotatable bonds is 4. The Morgan fingerprint density at radius 1 is 0.611 bits per heavy atom. The summed E-state index contributed by atoms with van der Waals surface area (Å²) in [5, 5.41) is 0. The summed E-state index contributed by atoms with van der Waals surface area (Å²) in [6.07, 6.45) is 14.4. The maximum Gasteiger partial charge on any atom is 0.305 e. The Kier molecular flexibility index (Phi) is 6.66. The Balaban J connectivity index is 1.69. The normalized spacial score (nSPS) is 24.9. The Hall–Kier alpha value is 0.0700. The molecule has 0 aliphatic heterocycles. The lowest BCUT2D eigenvalue weighted by atomic mass is 10.2. The van der Waals surface area contributed by atoms with Crippen LogP contribution in [-0.4, -0.2) is 16.4 Å². The van der Waals surface area contributed by atoms with Gasteiger partial charge in [-0.3, -0.25) is 8.37 Å². The van der Waals surface area contributed by atoms with Crippen LogP contribution in [0.15, 0.2) is 0 Å². The summed E-state index contributed by atoms with van der Waals surface area (Å²) in [4.78, 5) is 0. The second kappa shape index (κ2) is 8.28. The number of hydrogen-bond donors (Lipinski definition) is 0. The monoisotopic (exact) mass is 274 g/mol. The van der Waals surface area contributed by atoms with Crippen molar-refractivity contribution < 1.29 is 12.6 Å². The van der Waals surface area contributed by atoms with E-state index in [2.05, 4.69) is 0 Å². The van der Waals surface area contributed by atoms with E-state index in [9.17, 15) is 4.21 Å². The van der Waals surface area contributed by atoms with Crippen LogP contribution in [0.2, 0.25) is 0 Å². The molecule has 18 heavy (non-hydrogen) atoms. The first kappa shape index (κ1) is 14.5. The highest BCUT2D eigenvalue weighted by molar-refractivity contribution is 7.75. The standard InChI is InChI=1S/C14H26O3S/c15-18(16-13-9-5-1-2-6-10-13)17-14-11-7-3-4-8-12-14/h13-14H,1-12H2. The molecule has 2 fully saturated rings. The fraction of sp³-hybridized carbons (Fsp3) is 1.00. The lowest BCUT2D eigenvalue weighted by molar-refractivity contribution is 0.130. The van der Waals surface area contributed by atoms with Gasteiger partial charge in [-0.05, 0) is 25.7 Å². The minimum absolute atomic E-state index is 0.152. The first-order chi connectivity index (χ1) is 8.84. The van der Waals surface area contributed by atoms with Gasteiger partial charge in [0.1, 0.15) is 0 Å². The zero-order chi connectivity index (χ0) is 12.6. The maximum absolute atomic E-state index is 11.9. The van der Waals surface area contributed by atoms with E-state index in [-0.39, 0.29) is 12.2 Å². The largest absolute Gasteiger partial charge is 0.305 e. The predicted octanol–water partition coefficient (Wildman–Crippen LogP) is 4.04. The van der Waals surface area contributed by atoms with Gasteiger partial charge < -0.3 is 0 Å². The Bertz CT molecular complexity index is 217. The van der Waals surface area contributed by atoms with Crippen LogP contribution in [0.5, 0.6) is 0 Å². The van der Waals surface area contributed by atoms with Gasteiger partial charge in [-0.1, -0.05) is 51.4 Å². The Labute approximate surface area is 113 Å².